The second-order valence-corrected chi connectivity index (χ2v) is 8.28. The number of rotatable bonds is 9. The third-order valence-electron chi connectivity index (χ3n) is 4.13. The molecule has 0 atom stereocenters. The summed E-state index contributed by atoms with van der Waals surface area (Å²) in [6.07, 6.45) is 0.611. The molecule has 0 aromatic heterocycles. The Balaban J connectivity index is 1.88. The Morgan fingerprint density at radius 2 is 1.78 bits per heavy atom. The lowest BCUT2D eigenvalue weighted by molar-refractivity contribution is -0.120. The molecule has 0 radical (unpaired) electrons. The van der Waals surface area contributed by atoms with E-state index in [1.807, 2.05) is 25.1 Å². The first-order chi connectivity index (χ1) is 12.9. The van der Waals surface area contributed by atoms with E-state index in [0.717, 1.165) is 5.56 Å². The van der Waals surface area contributed by atoms with Crippen molar-refractivity contribution in [3.63, 3.8) is 0 Å². The van der Waals surface area contributed by atoms with Gasteiger partial charge in [0, 0.05) is 19.0 Å². The minimum Gasteiger partial charge on any atom is -0.493 e. The van der Waals surface area contributed by atoms with Crippen LogP contribution >= 0.6 is 0 Å². The van der Waals surface area contributed by atoms with Gasteiger partial charge in [-0.05, 0) is 31.0 Å². The summed E-state index contributed by atoms with van der Waals surface area (Å²) < 4.78 is 35.2. The fraction of sp³-hybridized carbons (Fsp3) is 0.350. The predicted octanol–water partition coefficient (Wildman–Crippen LogP) is 2.53. The molecule has 27 heavy (non-hydrogen) atoms. The molecule has 0 heterocycles. The number of carbonyl (C=O) groups excluding carboxylic acids is 1. The van der Waals surface area contributed by atoms with Crippen LogP contribution in [0.3, 0.4) is 0 Å². The van der Waals surface area contributed by atoms with Crippen molar-refractivity contribution in [3.05, 3.63) is 53.6 Å². The number of nitrogens with one attached hydrogen (secondary N) is 1. The third-order valence-corrected chi connectivity index (χ3v) is 5.84. The molecule has 7 heteroatoms. The lowest BCUT2D eigenvalue weighted by atomic mass is 10.1. The zero-order valence-electron chi connectivity index (χ0n) is 15.8. The summed E-state index contributed by atoms with van der Waals surface area (Å²) in [6.45, 7) is 2.49. The Morgan fingerprint density at radius 1 is 1.04 bits per heavy atom. The SMILES string of the molecule is COc1ccc(S(=O)(=O)CCC(=O)NCCc2cccc(C)c2)cc1OC. The normalized spacial score (nSPS) is 11.1. The number of carbonyl (C=O) groups is 1. The van der Waals surface area contributed by atoms with Crippen LogP contribution in [0.25, 0.3) is 0 Å². The second kappa shape index (κ2) is 9.41. The lowest BCUT2D eigenvalue weighted by Crippen LogP contribution is -2.27. The van der Waals surface area contributed by atoms with Crippen molar-refractivity contribution >= 4 is 15.7 Å². The van der Waals surface area contributed by atoms with Crippen LogP contribution in [0.1, 0.15) is 17.5 Å². The topological polar surface area (TPSA) is 81.7 Å². The van der Waals surface area contributed by atoms with Gasteiger partial charge in [0.05, 0.1) is 24.9 Å². The minimum atomic E-state index is -3.59. The first-order valence-electron chi connectivity index (χ1n) is 8.63. The van der Waals surface area contributed by atoms with Crippen LogP contribution in [0.5, 0.6) is 11.5 Å². The maximum atomic E-state index is 12.5. The van der Waals surface area contributed by atoms with Crippen molar-refractivity contribution in [2.45, 2.75) is 24.7 Å². The van der Waals surface area contributed by atoms with Crippen molar-refractivity contribution < 1.29 is 22.7 Å². The first kappa shape index (κ1) is 20.8. The molecule has 2 rings (SSSR count). The van der Waals surface area contributed by atoms with Gasteiger partial charge in [-0.25, -0.2) is 8.42 Å². The Labute approximate surface area is 160 Å². The molecule has 0 bridgehead atoms. The standard InChI is InChI=1S/C20H25NO5S/c1-15-5-4-6-16(13-15)9-11-21-20(22)10-12-27(23,24)17-7-8-18(25-2)19(14-17)26-3/h4-8,13-14H,9-12H2,1-3H3,(H,21,22). The van der Waals surface area contributed by atoms with E-state index in [-0.39, 0.29) is 23.0 Å². The van der Waals surface area contributed by atoms with Gasteiger partial charge in [-0.3, -0.25) is 4.79 Å². The third kappa shape index (κ3) is 5.99. The molecule has 0 saturated heterocycles. The van der Waals surface area contributed by atoms with Gasteiger partial charge < -0.3 is 14.8 Å². The van der Waals surface area contributed by atoms with Crippen LogP contribution in [0, 0.1) is 6.92 Å². The number of amides is 1. The molecule has 2 aromatic rings. The van der Waals surface area contributed by atoms with Crippen LogP contribution in [-0.4, -0.2) is 40.8 Å². The Bertz CT molecular complexity index is 893. The van der Waals surface area contributed by atoms with E-state index in [1.165, 1.54) is 38.0 Å². The van der Waals surface area contributed by atoms with Crippen molar-refractivity contribution in [2.24, 2.45) is 0 Å². The number of aryl methyl sites for hydroxylation is 1. The highest BCUT2D eigenvalue weighted by Crippen LogP contribution is 2.29. The molecule has 6 nitrogen and oxygen atoms in total. The number of benzene rings is 2. The molecule has 0 aliphatic rings. The van der Waals surface area contributed by atoms with Crippen molar-refractivity contribution in [1.29, 1.82) is 0 Å². The lowest BCUT2D eigenvalue weighted by Gasteiger charge is -2.10. The van der Waals surface area contributed by atoms with Gasteiger partial charge >= 0.3 is 0 Å². The average Bonchev–Trinajstić information content (AvgIpc) is 2.66. The van der Waals surface area contributed by atoms with E-state index in [1.54, 1.807) is 0 Å². The Hall–Kier alpha value is -2.54. The fourth-order valence-corrected chi connectivity index (χ4v) is 3.91. The highest BCUT2D eigenvalue weighted by molar-refractivity contribution is 7.91. The van der Waals surface area contributed by atoms with E-state index in [9.17, 15) is 13.2 Å². The molecule has 0 fully saturated rings. The van der Waals surface area contributed by atoms with E-state index < -0.39 is 9.84 Å². The Morgan fingerprint density at radius 3 is 2.44 bits per heavy atom. The van der Waals surface area contributed by atoms with Gasteiger partial charge in [0.15, 0.2) is 21.3 Å². The van der Waals surface area contributed by atoms with E-state index in [4.69, 9.17) is 9.47 Å². The number of hydrogen-bond acceptors (Lipinski definition) is 5. The summed E-state index contributed by atoms with van der Waals surface area (Å²) in [5, 5.41) is 2.77. The van der Waals surface area contributed by atoms with Gasteiger partial charge in [-0.15, -0.1) is 0 Å². The number of ether oxygens (including phenoxy) is 2. The largest absolute Gasteiger partial charge is 0.493 e. The van der Waals surface area contributed by atoms with Crippen molar-refractivity contribution in [2.75, 3.05) is 26.5 Å². The van der Waals surface area contributed by atoms with E-state index in [0.29, 0.717) is 24.5 Å². The molecule has 2 aromatic carbocycles. The average molecular weight is 391 g/mol. The smallest absolute Gasteiger partial charge is 0.221 e. The molecule has 0 aliphatic carbocycles. The summed E-state index contributed by atoms with van der Waals surface area (Å²) in [4.78, 5) is 12.1. The molecule has 1 N–H and O–H groups in total. The van der Waals surface area contributed by atoms with E-state index >= 15 is 0 Å². The first-order valence-corrected chi connectivity index (χ1v) is 10.3. The molecule has 0 unspecified atom stereocenters. The molecule has 0 spiro atoms. The zero-order valence-corrected chi connectivity index (χ0v) is 16.6. The quantitative estimate of drug-likeness (QED) is 0.710. The summed E-state index contributed by atoms with van der Waals surface area (Å²) in [5.41, 5.74) is 2.30. The van der Waals surface area contributed by atoms with Gasteiger partial charge in [0.25, 0.3) is 0 Å². The van der Waals surface area contributed by atoms with Gasteiger partial charge in [0.2, 0.25) is 5.91 Å². The van der Waals surface area contributed by atoms with Crippen LogP contribution in [-0.2, 0) is 21.1 Å². The number of methoxy groups -OCH3 is 2. The van der Waals surface area contributed by atoms with Crippen molar-refractivity contribution in [1.82, 2.24) is 5.32 Å². The molecular weight excluding hydrogens is 366 g/mol. The summed E-state index contributed by atoms with van der Waals surface area (Å²) in [6, 6.07) is 12.4. The van der Waals surface area contributed by atoms with Crippen molar-refractivity contribution in [3.8, 4) is 11.5 Å². The van der Waals surface area contributed by atoms with Gasteiger partial charge in [-0.2, -0.15) is 0 Å². The molecule has 1 amide bonds. The maximum Gasteiger partial charge on any atom is 0.221 e. The summed E-state index contributed by atoms with van der Waals surface area (Å²) >= 11 is 0. The second-order valence-electron chi connectivity index (χ2n) is 6.17. The summed E-state index contributed by atoms with van der Waals surface area (Å²) in [7, 11) is -0.672. The zero-order chi connectivity index (χ0) is 19.9. The maximum absolute atomic E-state index is 12.5. The van der Waals surface area contributed by atoms with Crippen LogP contribution < -0.4 is 14.8 Å². The van der Waals surface area contributed by atoms with Crippen LogP contribution in [0.2, 0.25) is 0 Å². The van der Waals surface area contributed by atoms with Gasteiger partial charge in [-0.1, -0.05) is 29.8 Å². The fourth-order valence-electron chi connectivity index (χ4n) is 2.66. The molecule has 0 aliphatic heterocycles. The monoisotopic (exact) mass is 391 g/mol. The number of hydrogen-bond donors (Lipinski definition) is 1. The predicted molar refractivity (Wildman–Crippen MR) is 104 cm³/mol. The van der Waals surface area contributed by atoms with E-state index in [2.05, 4.69) is 11.4 Å². The van der Waals surface area contributed by atoms with Crippen LogP contribution in [0.15, 0.2) is 47.4 Å². The molecular formula is C20H25NO5S. The summed E-state index contributed by atoms with van der Waals surface area (Å²) in [5.74, 6) is 0.233. The Kier molecular flexibility index (Phi) is 7.24. The number of sulfone groups is 1. The van der Waals surface area contributed by atoms with Gasteiger partial charge in [0.1, 0.15) is 0 Å². The highest BCUT2D eigenvalue weighted by Gasteiger charge is 2.18. The highest BCUT2D eigenvalue weighted by atomic mass is 32.2. The minimum absolute atomic E-state index is 0.0928. The van der Waals surface area contributed by atoms with Crippen LogP contribution in [0.4, 0.5) is 0 Å². The molecule has 146 valence electrons. The molecule has 0 saturated carbocycles.